The molecule has 3 heteroatoms. The molecule has 0 spiro atoms. The molecule has 0 atom stereocenters. The quantitative estimate of drug-likeness (QED) is 0.778. The first-order valence-electron chi connectivity index (χ1n) is 4.14. The third-order valence-corrected chi connectivity index (χ3v) is 3.67. The molecule has 0 fully saturated rings. The number of hydrogen-bond acceptors (Lipinski definition) is 3. The van der Waals surface area contributed by atoms with Gasteiger partial charge in [0, 0.05) is 16.4 Å². The Hall–Kier alpha value is -0.120. The SMILES string of the molecule is CSc1cccc(CCO)c1SC. The first-order valence-corrected chi connectivity index (χ1v) is 6.59. The van der Waals surface area contributed by atoms with E-state index < -0.39 is 0 Å². The third kappa shape index (κ3) is 2.66. The van der Waals surface area contributed by atoms with Crippen LogP contribution in [-0.4, -0.2) is 24.2 Å². The largest absolute Gasteiger partial charge is 0.396 e. The molecule has 0 heterocycles. The average molecular weight is 214 g/mol. The van der Waals surface area contributed by atoms with Crippen LogP contribution < -0.4 is 0 Å². The molecule has 0 aliphatic carbocycles. The number of thioether (sulfide) groups is 2. The van der Waals surface area contributed by atoms with Gasteiger partial charge in [-0.25, -0.2) is 0 Å². The van der Waals surface area contributed by atoms with Gasteiger partial charge in [-0.3, -0.25) is 0 Å². The second-order valence-corrected chi connectivity index (χ2v) is 4.29. The van der Waals surface area contributed by atoms with E-state index in [1.807, 2.05) is 0 Å². The topological polar surface area (TPSA) is 20.2 Å². The fraction of sp³-hybridized carbons (Fsp3) is 0.400. The molecule has 0 saturated heterocycles. The predicted octanol–water partition coefficient (Wildman–Crippen LogP) is 2.67. The van der Waals surface area contributed by atoms with E-state index in [2.05, 4.69) is 30.7 Å². The maximum absolute atomic E-state index is 8.89. The van der Waals surface area contributed by atoms with Gasteiger partial charge in [-0.15, -0.1) is 23.5 Å². The molecule has 1 N–H and O–H groups in total. The van der Waals surface area contributed by atoms with Crippen LogP contribution in [0.4, 0.5) is 0 Å². The summed E-state index contributed by atoms with van der Waals surface area (Å²) in [6.45, 7) is 0.228. The van der Waals surface area contributed by atoms with Gasteiger partial charge in [0.2, 0.25) is 0 Å². The Bertz CT molecular complexity index is 274. The summed E-state index contributed by atoms with van der Waals surface area (Å²) >= 11 is 3.51. The lowest BCUT2D eigenvalue weighted by molar-refractivity contribution is 0.298. The van der Waals surface area contributed by atoms with Crippen molar-refractivity contribution in [2.75, 3.05) is 19.1 Å². The zero-order valence-electron chi connectivity index (χ0n) is 7.91. The number of hydrogen-bond donors (Lipinski definition) is 1. The van der Waals surface area contributed by atoms with Crippen molar-refractivity contribution in [3.05, 3.63) is 23.8 Å². The average Bonchev–Trinajstić information content (AvgIpc) is 2.18. The van der Waals surface area contributed by atoms with Crippen molar-refractivity contribution in [2.24, 2.45) is 0 Å². The Labute approximate surface area is 87.9 Å². The molecule has 0 radical (unpaired) electrons. The molecule has 1 aromatic carbocycles. The minimum atomic E-state index is 0.228. The van der Waals surface area contributed by atoms with Crippen molar-refractivity contribution in [3.63, 3.8) is 0 Å². The van der Waals surface area contributed by atoms with E-state index in [1.165, 1.54) is 15.4 Å². The van der Waals surface area contributed by atoms with E-state index in [0.29, 0.717) is 0 Å². The summed E-state index contributed by atoms with van der Waals surface area (Å²) < 4.78 is 0. The van der Waals surface area contributed by atoms with E-state index in [4.69, 9.17) is 5.11 Å². The van der Waals surface area contributed by atoms with E-state index >= 15 is 0 Å². The summed E-state index contributed by atoms with van der Waals surface area (Å²) in [6, 6.07) is 6.26. The summed E-state index contributed by atoms with van der Waals surface area (Å²) in [5.74, 6) is 0. The standard InChI is InChI=1S/C10H14OS2/c1-12-9-5-3-4-8(6-7-11)10(9)13-2/h3-5,11H,6-7H2,1-2H3. The summed E-state index contributed by atoms with van der Waals surface area (Å²) in [6.07, 6.45) is 4.91. The molecule has 72 valence electrons. The van der Waals surface area contributed by atoms with Gasteiger partial charge in [-0.2, -0.15) is 0 Å². The van der Waals surface area contributed by atoms with Crippen LogP contribution in [0.1, 0.15) is 5.56 Å². The van der Waals surface area contributed by atoms with E-state index in [1.54, 1.807) is 23.5 Å². The molecule has 0 unspecified atom stereocenters. The van der Waals surface area contributed by atoms with E-state index in [0.717, 1.165) is 6.42 Å². The molecule has 0 aliphatic rings. The van der Waals surface area contributed by atoms with Gasteiger partial charge >= 0.3 is 0 Å². The highest BCUT2D eigenvalue weighted by atomic mass is 32.2. The predicted molar refractivity (Wildman–Crippen MR) is 60.8 cm³/mol. The van der Waals surface area contributed by atoms with Crippen molar-refractivity contribution in [1.82, 2.24) is 0 Å². The molecule has 1 nitrogen and oxygen atoms in total. The highest BCUT2D eigenvalue weighted by molar-refractivity contribution is 8.01. The summed E-state index contributed by atoms with van der Waals surface area (Å²) in [4.78, 5) is 2.61. The number of rotatable bonds is 4. The minimum Gasteiger partial charge on any atom is -0.396 e. The molecule has 0 saturated carbocycles. The summed E-state index contributed by atoms with van der Waals surface area (Å²) in [7, 11) is 0. The number of benzene rings is 1. The maximum Gasteiger partial charge on any atom is 0.0471 e. The molecular weight excluding hydrogens is 200 g/mol. The molecule has 0 aromatic heterocycles. The lowest BCUT2D eigenvalue weighted by atomic mass is 10.2. The fourth-order valence-corrected chi connectivity index (χ4v) is 3.00. The Morgan fingerprint density at radius 3 is 2.54 bits per heavy atom. The van der Waals surface area contributed by atoms with Crippen molar-refractivity contribution in [1.29, 1.82) is 0 Å². The van der Waals surface area contributed by atoms with Gasteiger partial charge in [0.1, 0.15) is 0 Å². The van der Waals surface area contributed by atoms with Gasteiger partial charge in [0.25, 0.3) is 0 Å². The second-order valence-electron chi connectivity index (χ2n) is 2.63. The summed E-state index contributed by atoms with van der Waals surface area (Å²) in [5.41, 5.74) is 1.25. The van der Waals surface area contributed by atoms with Crippen LogP contribution >= 0.6 is 23.5 Å². The zero-order chi connectivity index (χ0) is 9.68. The Morgan fingerprint density at radius 2 is 2.00 bits per heavy atom. The van der Waals surface area contributed by atoms with Crippen LogP contribution in [0, 0.1) is 0 Å². The minimum absolute atomic E-state index is 0.228. The monoisotopic (exact) mass is 214 g/mol. The highest BCUT2D eigenvalue weighted by Gasteiger charge is 2.05. The van der Waals surface area contributed by atoms with Crippen LogP contribution in [0.3, 0.4) is 0 Å². The lowest BCUT2D eigenvalue weighted by Gasteiger charge is -2.09. The van der Waals surface area contributed by atoms with Crippen LogP contribution in [0.25, 0.3) is 0 Å². The van der Waals surface area contributed by atoms with Crippen molar-refractivity contribution in [3.8, 4) is 0 Å². The van der Waals surface area contributed by atoms with Gasteiger partial charge in [-0.05, 0) is 30.6 Å². The summed E-state index contributed by atoms with van der Waals surface area (Å²) in [5, 5.41) is 8.89. The van der Waals surface area contributed by atoms with E-state index in [-0.39, 0.29) is 6.61 Å². The van der Waals surface area contributed by atoms with Gasteiger partial charge < -0.3 is 5.11 Å². The Balaban J connectivity index is 3.03. The smallest absolute Gasteiger partial charge is 0.0471 e. The van der Waals surface area contributed by atoms with Crippen LogP contribution in [0.15, 0.2) is 28.0 Å². The third-order valence-electron chi connectivity index (χ3n) is 1.87. The van der Waals surface area contributed by atoms with E-state index in [9.17, 15) is 0 Å². The van der Waals surface area contributed by atoms with Crippen molar-refractivity contribution < 1.29 is 5.11 Å². The Kier molecular flexibility index (Phi) is 4.70. The maximum atomic E-state index is 8.89. The molecular formula is C10H14OS2. The van der Waals surface area contributed by atoms with Gasteiger partial charge in [0.15, 0.2) is 0 Å². The highest BCUT2D eigenvalue weighted by Crippen LogP contribution is 2.31. The molecule has 1 aromatic rings. The normalized spacial score (nSPS) is 10.4. The first kappa shape index (κ1) is 11.0. The second kappa shape index (κ2) is 5.58. The van der Waals surface area contributed by atoms with Crippen LogP contribution in [-0.2, 0) is 6.42 Å². The number of aliphatic hydroxyl groups is 1. The molecule has 0 bridgehead atoms. The lowest BCUT2D eigenvalue weighted by Crippen LogP contribution is -1.94. The zero-order valence-corrected chi connectivity index (χ0v) is 9.54. The van der Waals surface area contributed by atoms with Crippen molar-refractivity contribution in [2.45, 2.75) is 16.2 Å². The molecule has 0 amide bonds. The number of aliphatic hydroxyl groups excluding tert-OH is 1. The first-order chi connectivity index (χ1) is 6.33. The van der Waals surface area contributed by atoms with Crippen LogP contribution in [0.2, 0.25) is 0 Å². The van der Waals surface area contributed by atoms with Gasteiger partial charge in [-0.1, -0.05) is 12.1 Å². The van der Waals surface area contributed by atoms with Crippen molar-refractivity contribution >= 4 is 23.5 Å². The molecule has 1 rings (SSSR count). The Morgan fingerprint density at radius 1 is 1.23 bits per heavy atom. The molecule has 0 aliphatic heterocycles. The fourth-order valence-electron chi connectivity index (χ4n) is 1.27. The molecule has 13 heavy (non-hydrogen) atoms. The van der Waals surface area contributed by atoms with Gasteiger partial charge in [0.05, 0.1) is 0 Å². The van der Waals surface area contributed by atoms with Crippen LogP contribution in [0.5, 0.6) is 0 Å².